The molecule has 0 spiro atoms. The Morgan fingerprint density at radius 3 is 2.43 bits per heavy atom. The molecule has 28 heavy (non-hydrogen) atoms. The lowest BCUT2D eigenvalue weighted by molar-refractivity contribution is -0.120. The van der Waals surface area contributed by atoms with E-state index in [2.05, 4.69) is 10.3 Å². The Kier molecular flexibility index (Phi) is 6.27. The number of aryl methyl sites for hydroxylation is 2. The van der Waals surface area contributed by atoms with Gasteiger partial charge in [-0.15, -0.1) is 0 Å². The van der Waals surface area contributed by atoms with Crippen LogP contribution in [0.3, 0.4) is 0 Å². The molecule has 0 saturated heterocycles. The minimum absolute atomic E-state index is 0.0409. The predicted molar refractivity (Wildman–Crippen MR) is 109 cm³/mol. The van der Waals surface area contributed by atoms with Crippen LogP contribution in [0.4, 0.5) is 0 Å². The molecule has 5 nitrogen and oxygen atoms in total. The van der Waals surface area contributed by atoms with E-state index in [1.165, 1.54) is 0 Å². The van der Waals surface area contributed by atoms with E-state index in [-0.39, 0.29) is 5.91 Å². The number of benzene rings is 2. The lowest BCUT2D eigenvalue weighted by Crippen LogP contribution is -2.24. The molecule has 0 saturated carbocycles. The third-order valence-corrected chi connectivity index (χ3v) is 4.37. The molecule has 3 rings (SSSR count). The van der Waals surface area contributed by atoms with Gasteiger partial charge in [0, 0.05) is 18.8 Å². The number of pyridine rings is 1. The van der Waals surface area contributed by atoms with Gasteiger partial charge < -0.3 is 14.8 Å². The highest BCUT2D eigenvalue weighted by Crippen LogP contribution is 2.24. The molecule has 1 aromatic heterocycles. The van der Waals surface area contributed by atoms with Crippen molar-refractivity contribution >= 4 is 5.91 Å². The van der Waals surface area contributed by atoms with Crippen molar-refractivity contribution in [3.8, 4) is 17.4 Å². The summed E-state index contributed by atoms with van der Waals surface area (Å²) in [7, 11) is 1.62. The van der Waals surface area contributed by atoms with E-state index in [4.69, 9.17) is 9.47 Å². The number of amides is 1. The second-order valence-corrected chi connectivity index (χ2v) is 6.68. The van der Waals surface area contributed by atoms with Crippen LogP contribution >= 0.6 is 0 Å². The van der Waals surface area contributed by atoms with E-state index in [1.54, 1.807) is 13.3 Å². The van der Waals surface area contributed by atoms with Gasteiger partial charge in [0.05, 0.1) is 13.5 Å². The van der Waals surface area contributed by atoms with Crippen LogP contribution in [0.15, 0.2) is 60.8 Å². The van der Waals surface area contributed by atoms with Gasteiger partial charge in [0.1, 0.15) is 11.5 Å². The Morgan fingerprint density at radius 1 is 1.00 bits per heavy atom. The van der Waals surface area contributed by atoms with Crippen LogP contribution in [0.1, 0.15) is 22.3 Å². The minimum Gasteiger partial charge on any atom is -0.497 e. The van der Waals surface area contributed by atoms with Crippen molar-refractivity contribution in [1.29, 1.82) is 0 Å². The summed E-state index contributed by atoms with van der Waals surface area (Å²) < 4.78 is 11.0. The molecule has 0 aliphatic heterocycles. The number of ether oxygens (including phenoxy) is 2. The van der Waals surface area contributed by atoms with E-state index in [9.17, 15) is 4.79 Å². The second-order valence-electron chi connectivity index (χ2n) is 6.68. The highest BCUT2D eigenvalue weighted by molar-refractivity contribution is 5.78. The second kappa shape index (κ2) is 9.04. The maximum Gasteiger partial charge on any atom is 0.224 e. The van der Waals surface area contributed by atoms with Gasteiger partial charge in [0.15, 0.2) is 0 Å². The lowest BCUT2D eigenvalue weighted by atomic mass is 10.1. The maximum absolute atomic E-state index is 12.1. The summed E-state index contributed by atoms with van der Waals surface area (Å²) in [4.78, 5) is 16.5. The molecule has 0 aliphatic carbocycles. The fourth-order valence-electron chi connectivity index (χ4n) is 2.70. The lowest BCUT2D eigenvalue weighted by Gasteiger charge is -2.10. The van der Waals surface area contributed by atoms with Crippen molar-refractivity contribution in [1.82, 2.24) is 10.3 Å². The Balaban J connectivity index is 1.52. The minimum atomic E-state index is -0.0409. The summed E-state index contributed by atoms with van der Waals surface area (Å²) in [6.45, 7) is 4.45. The van der Waals surface area contributed by atoms with Gasteiger partial charge in [-0.2, -0.15) is 0 Å². The molecular formula is C23H24N2O3. The average molecular weight is 376 g/mol. The fraction of sp³-hybridized carbons (Fsp3) is 0.217. The van der Waals surface area contributed by atoms with E-state index >= 15 is 0 Å². The number of nitrogens with zero attached hydrogens (tertiary/aromatic N) is 1. The van der Waals surface area contributed by atoms with Gasteiger partial charge in [-0.3, -0.25) is 4.79 Å². The summed E-state index contributed by atoms with van der Waals surface area (Å²) in [6, 6.07) is 17.3. The molecule has 1 N–H and O–H groups in total. The van der Waals surface area contributed by atoms with Crippen molar-refractivity contribution in [2.24, 2.45) is 0 Å². The number of hydrogen-bond acceptors (Lipinski definition) is 4. The van der Waals surface area contributed by atoms with E-state index < -0.39 is 0 Å². The molecular weight excluding hydrogens is 352 g/mol. The van der Waals surface area contributed by atoms with Crippen LogP contribution in [0.25, 0.3) is 0 Å². The van der Waals surface area contributed by atoms with Crippen LogP contribution in [-0.2, 0) is 17.8 Å². The summed E-state index contributed by atoms with van der Waals surface area (Å²) in [5.41, 5.74) is 4.05. The topological polar surface area (TPSA) is 60.5 Å². The number of hydrogen-bond donors (Lipinski definition) is 1. The number of nitrogens with one attached hydrogen (secondary N) is 1. The molecule has 0 aliphatic rings. The number of methoxy groups -OCH3 is 1. The molecule has 3 aromatic rings. The van der Waals surface area contributed by atoms with Gasteiger partial charge in [0.2, 0.25) is 11.8 Å². The molecule has 0 bridgehead atoms. The normalized spacial score (nSPS) is 10.4. The SMILES string of the molecule is COc1ccc(CC(=O)NCc2ccc(Oc3cc(C)ccc3C)nc2)cc1. The highest BCUT2D eigenvalue weighted by Gasteiger charge is 2.06. The largest absolute Gasteiger partial charge is 0.497 e. The Hall–Kier alpha value is -3.34. The van der Waals surface area contributed by atoms with Gasteiger partial charge in [0.25, 0.3) is 0 Å². The predicted octanol–water partition coefficient (Wildman–Crippen LogP) is 4.36. The number of carbonyl (C=O) groups excluding carboxylic acids is 1. The third kappa shape index (κ3) is 5.33. The molecule has 0 radical (unpaired) electrons. The van der Waals surface area contributed by atoms with Crippen LogP contribution in [0, 0.1) is 13.8 Å². The van der Waals surface area contributed by atoms with Crippen LogP contribution < -0.4 is 14.8 Å². The average Bonchev–Trinajstić information content (AvgIpc) is 2.71. The number of aromatic nitrogens is 1. The molecule has 1 heterocycles. The summed E-state index contributed by atoms with van der Waals surface area (Å²) >= 11 is 0. The van der Waals surface area contributed by atoms with Gasteiger partial charge in [-0.1, -0.05) is 30.3 Å². The molecule has 5 heteroatoms. The molecule has 1 amide bonds. The van der Waals surface area contributed by atoms with Crippen LogP contribution in [0.5, 0.6) is 17.4 Å². The van der Waals surface area contributed by atoms with Crippen molar-refractivity contribution in [2.75, 3.05) is 7.11 Å². The van der Waals surface area contributed by atoms with Gasteiger partial charge in [-0.05, 0) is 54.3 Å². The highest BCUT2D eigenvalue weighted by atomic mass is 16.5. The zero-order chi connectivity index (χ0) is 19.9. The van der Waals surface area contributed by atoms with Gasteiger partial charge >= 0.3 is 0 Å². The first kappa shape index (κ1) is 19.4. The first-order chi connectivity index (χ1) is 13.5. The van der Waals surface area contributed by atoms with Crippen LogP contribution in [0.2, 0.25) is 0 Å². The monoisotopic (exact) mass is 376 g/mol. The molecule has 0 fully saturated rings. The molecule has 144 valence electrons. The third-order valence-electron chi connectivity index (χ3n) is 4.37. The Bertz CT molecular complexity index is 935. The first-order valence-corrected chi connectivity index (χ1v) is 9.13. The van der Waals surface area contributed by atoms with Gasteiger partial charge in [-0.25, -0.2) is 4.98 Å². The molecule has 0 atom stereocenters. The molecule has 0 unspecified atom stereocenters. The molecule has 2 aromatic carbocycles. The summed E-state index contributed by atoms with van der Waals surface area (Å²) in [6.07, 6.45) is 2.04. The standard InChI is InChI=1S/C23H24N2O3/c1-16-4-5-17(2)21(12-16)28-23-11-8-19(15-25-23)14-24-22(26)13-18-6-9-20(27-3)10-7-18/h4-12,15H,13-14H2,1-3H3,(H,24,26). The smallest absolute Gasteiger partial charge is 0.224 e. The van der Waals surface area contributed by atoms with E-state index in [0.29, 0.717) is 18.8 Å². The number of rotatable bonds is 7. The summed E-state index contributed by atoms with van der Waals surface area (Å²) in [5.74, 6) is 2.06. The zero-order valence-electron chi connectivity index (χ0n) is 16.4. The van der Waals surface area contributed by atoms with Crippen molar-refractivity contribution in [3.63, 3.8) is 0 Å². The Labute approximate surface area is 165 Å². The zero-order valence-corrected chi connectivity index (χ0v) is 16.4. The van der Waals surface area contributed by atoms with E-state index in [0.717, 1.165) is 33.8 Å². The first-order valence-electron chi connectivity index (χ1n) is 9.13. The van der Waals surface area contributed by atoms with Crippen LogP contribution in [-0.4, -0.2) is 18.0 Å². The summed E-state index contributed by atoms with van der Waals surface area (Å²) in [5, 5.41) is 2.91. The van der Waals surface area contributed by atoms with E-state index in [1.807, 2.05) is 68.4 Å². The van der Waals surface area contributed by atoms with Crippen molar-refractivity contribution in [2.45, 2.75) is 26.8 Å². The Morgan fingerprint density at radius 2 is 1.75 bits per heavy atom. The fourth-order valence-corrected chi connectivity index (χ4v) is 2.70. The van der Waals surface area contributed by atoms with Crippen molar-refractivity contribution < 1.29 is 14.3 Å². The quantitative estimate of drug-likeness (QED) is 0.666. The van der Waals surface area contributed by atoms with Crippen molar-refractivity contribution in [3.05, 3.63) is 83.0 Å². The number of carbonyl (C=O) groups is 1. The maximum atomic E-state index is 12.1.